The summed E-state index contributed by atoms with van der Waals surface area (Å²) in [6.07, 6.45) is 0. The molecular formula is C4H4ClN3O2S. The maximum atomic E-state index is 10.2. The molecule has 0 saturated carbocycles. The SMILES string of the molecule is NC(=O)COc1nnc(Cl)s1. The van der Waals surface area contributed by atoms with E-state index in [0.29, 0.717) is 0 Å². The van der Waals surface area contributed by atoms with Gasteiger partial charge >= 0.3 is 0 Å². The van der Waals surface area contributed by atoms with E-state index in [1.54, 1.807) is 0 Å². The van der Waals surface area contributed by atoms with E-state index in [2.05, 4.69) is 10.2 Å². The van der Waals surface area contributed by atoms with E-state index in [1.165, 1.54) is 0 Å². The molecule has 11 heavy (non-hydrogen) atoms. The summed E-state index contributed by atoms with van der Waals surface area (Å²) >= 11 is 6.47. The Kier molecular flexibility index (Phi) is 2.61. The molecule has 60 valence electrons. The van der Waals surface area contributed by atoms with Crippen LogP contribution in [0.1, 0.15) is 0 Å². The van der Waals surface area contributed by atoms with Gasteiger partial charge in [-0.2, -0.15) is 0 Å². The molecule has 1 rings (SSSR count). The Balaban J connectivity index is 2.45. The van der Waals surface area contributed by atoms with E-state index < -0.39 is 5.91 Å². The van der Waals surface area contributed by atoms with Crippen molar-refractivity contribution in [1.82, 2.24) is 10.2 Å². The van der Waals surface area contributed by atoms with Gasteiger partial charge in [0.25, 0.3) is 11.1 Å². The molecule has 0 aliphatic heterocycles. The quantitative estimate of drug-likeness (QED) is 0.736. The van der Waals surface area contributed by atoms with Crippen molar-refractivity contribution in [2.75, 3.05) is 6.61 Å². The predicted molar refractivity (Wildman–Crippen MR) is 39.6 cm³/mol. The highest BCUT2D eigenvalue weighted by Crippen LogP contribution is 2.21. The van der Waals surface area contributed by atoms with E-state index in [0.717, 1.165) is 11.3 Å². The lowest BCUT2D eigenvalue weighted by molar-refractivity contribution is -0.119. The lowest BCUT2D eigenvalue weighted by atomic mass is 10.7. The summed E-state index contributed by atoms with van der Waals surface area (Å²) in [6.45, 7) is -0.203. The van der Waals surface area contributed by atoms with E-state index in [1.807, 2.05) is 0 Å². The zero-order chi connectivity index (χ0) is 8.27. The number of hydrogen-bond donors (Lipinski definition) is 1. The van der Waals surface area contributed by atoms with Gasteiger partial charge < -0.3 is 10.5 Å². The Morgan fingerprint density at radius 1 is 1.73 bits per heavy atom. The number of amides is 1. The minimum atomic E-state index is -0.559. The van der Waals surface area contributed by atoms with Crippen molar-refractivity contribution in [3.63, 3.8) is 0 Å². The standard InChI is InChI=1S/C4H4ClN3O2S/c5-3-7-8-4(11-3)10-1-2(6)9/h1H2,(H2,6,9). The molecule has 0 radical (unpaired) electrons. The summed E-state index contributed by atoms with van der Waals surface area (Å²) in [5.74, 6) is -0.559. The lowest BCUT2D eigenvalue weighted by Gasteiger charge is -1.94. The molecule has 2 N–H and O–H groups in total. The third kappa shape index (κ3) is 2.69. The van der Waals surface area contributed by atoms with Gasteiger partial charge in [-0.15, -0.1) is 5.10 Å². The number of carbonyl (C=O) groups is 1. The van der Waals surface area contributed by atoms with Crippen molar-refractivity contribution in [1.29, 1.82) is 0 Å². The monoisotopic (exact) mass is 193 g/mol. The largest absolute Gasteiger partial charge is 0.459 e. The van der Waals surface area contributed by atoms with Crippen LogP contribution in [0.15, 0.2) is 0 Å². The van der Waals surface area contributed by atoms with Gasteiger partial charge in [0.05, 0.1) is 0 Å². The summed E-state index contributed by atoms with van der Waals surface area (Å²) in [4.78, 5) is 10.2. The van der Waals surface area contributed by atoms with E-state index in [9.17, 15) is 4.79 Å². The predicted octanol–water partition coefficient (Wildman–Crippen LogP) is 0.0556. The molecule has 0 atom stereocenters. The summed E-state index contributed by atoms with van der Waals surface area (Å²) in [5, 5.41) is 7.19. The Morgan fingerprint density at radius 2 is 2.45 bits per heavy atom. The van der Waals surface area contributed by atoms with Crippen LogP contribution in [0.5, 0.6) is 5.19 Å². The van der Waals surface area contributed by atoms with Crippen LogP contribution in [0.4, 0.5) is 0 Å². The highest BCUT2D eigenvalue weighted by molar-refractivity contribution is 7.17. The Hall–Kier alpha value is -0.880. The number of hydrogen-bond acceptors (Lipinski definition) is 5. The van der Waals surface area contributed by atoms with Crippen molar-refractivity contribution in [2.45, 2.75) is 0 Å². The number of carbonyl (C=O) groups excluding carboxylic acids is 1. The van der Waals surface area contributed by atoms with Crippen LogP contribution in [-0.4, -0.2) is 22.7 Å². The van der Waals surface area contributed by atoms with Crippen LogP contribution in [0.25, 0.3) is 0 Å². The zero-order valence-corrected chi connectivity index (χ0v) is 6.85. The zero-order valence-electron chi connectivity index (χ0n) is 5.28. The number of primary amides is 1. The first-order valence-corrected chi connectivity index (χ1v) is 3.78. The number of halogens is 1. The second-order valence-corrected chi connectivity index (χ2v) is 3.10. The molecule has 1 amide bonds. The average molecular weight is 194 g/mol. The maximum Gasteiger partial charge on any atom is 0.295 e. The summed E-state index contributed by atoms with van der Waals surface area (Å²) in [6, 6.07) is 0. The van der Waals surface area contributed by atoms with Gasteiger partial charge in [-0.25, -0.2) is 0 Å². The number of rotatable bonds is 3. The Bertz CT molecular complexity index is 264. The Morgan fingerprint density at radius 3 is 2.91 bits per heavy atom. The van der Waals surface area contributed by atoms with Gasteiger partial charge in [-0.1, -0.05) is 5.10 Å². The van der Waals surface area contributed by atoms with Crippen LogP contribution in [-0.2, 0) is 4.79 Å². The fraction of sp³-hybridized carbons (Fsp3) is 0.250. The molecule has 7 heteroatoms. The minimum absolute atomic E-state index is 0.203. The number of nitrogens with two attached hydrogens (primary N) is 1. The fourth-order valence-electron chi connectivity index (χ4n) is 0.384. The molecule has 0 spiro atoms. The first-order valence-electron chi connectivity index (χ1n) is 2.58. The summed E-state index contributed by atoms with van der Waals surface area (Å²) < 4.78 is 5.04. The number of aromatic nitrogens is 2. The van der Waals surface area contributed by atoms with E-state index >= 15 is 0 Å². The first kappa shape index (κ1) is 8.22. The minimum Gasteiger partial charge on any atom is -0.459 e. The molecule has 0 aromatic carbocycles. The van der Waals surface area contributed by atoms with E-state index in [4.69, 9.17) is 22.1 Å². The molecule has 0 unspecified atom stereocenters. The average Bonchev–Trinajstić information content (AvgIpc) is 2.31. The highest BCUT2D eigenvalue weighted by Gasteiger charge is 2.03. The van der Waals surface area contributed by atoms with Crippen LogP contribution in [0.2, 0.25) is 4.47 Å². The normalized spacial score (nSPS) is 9.55. The molecule has 1 aromatic heterocycles. The second-order valence-electron chi connectivity index (χ2n) is 1.58. The molecule has 0 aliphatic rings. The molecule has 5 nitrogen and oxygen atoms in total. The molecule has 1 heterocycles. The van der Waals surface area contributed by atoms with Gasteiger partial charge in [0.2, 0.25) is 4.47 Å². The molecule has 0 aliphatic carbocycles. The van der Waals surface area contributed by atoms with Gasteiger partial charge in [0.1, 0.15) is 0 Å². The third-order valence-electron chi connectivity index (χ3n) is 0.720. The van der Waals surface area contributed by atoms with Crippen LogP contribution in [0.3, 0.4) is 0 Å². The van der Waals surface area contributed by atoms with Crippen molar-refractivity contribution in [2.24, 2.45) is 5.73 Å². The summed E-state index contributed by atoms with van der Waals surface area (Å²) in [7, 11) is 0. The number of nitrogens with zero attached hydrogens (tertiary/aromatic N) is 2. The van der Waals surface area contributed by atoms with Gasteiger partial charge in [0, 0.05) is 0 Å². The second kappa shape index (κ2) is 3.49. The fourth-order valence-corrected chi connectivity index (χ4v) is 1.05. The van der Waals surface area contributed by atoms with Gasteiger partial charge in [-0.05, 0) is 22.9 Å². The third-order valence-corrected chi connectivity index (χ3v) is 1.65. The topological polar surface area (TPSA) is 78.1 Å². The molecular weight excluding hydrogens is 190 g/mol. The van der Waals surface area contributed by atoms with Gasteiger partial charge in [0.15, 0.2) is 6.61 Å². The van der Waals surface area contributed by atoms with Crippen LogP contribution in [0, 0.1) is 0 Å². The van der Waals surface area contributed by atoms with Crippen molar-refractivity contribution < 1.29 is 9.53 Å². The summed E-state index contributed by atoms with van der Waals surface area (Å²) in [5.41, 5.74) is 4.81. The van der Waals surface area contributed by atoms with Crippen molar-refractivity contribution >= 4 is 28.8 Å². The van der Waals surface area contributed by atoms with Crippen molar-refractivity contribution in [3.8, 4) is 5.19 Å². The van der Waals surface area contributed by atoms with Gasteiger partial charge in [-0.3, -0.25) is 4.79 Å². The van der Waals surface area contributed by atoms with Crippen molar-refractivity contribution in [3.05, 3.63) is 4.47 Å². The van der Waals surface area contributed by atoms with Crippen LogP contribution >= 0.6 is 22.9 Å². The maximum absolute atomic E-state index is 10.2. The van der Waals surface area contributed by atoms with Crippen LogP contribution < -0.4 is 10.5 Å². The first-order chi connectivity index (χ1) is 5.18. The molecule has 0 saturated heterocycles. The Labute approximate surface area is 71.1 Å². The smallest absolute Gasteiger partial charge is 0.295 e. The molecule has 1 aromatic rings. The lowest BCUT2D eigenvalue weighted by Crippen LogP contribution is -2.19. The number of ether oxygens (including phenoxy) is 1. The van der Waals surface area contributed by atoms with E-state index in [-0.39, 0.29) is 16.3 Å². The molecule has 0 fully saturated rings. The molecule has 0 bridgehead atoms. The highest BCUT2D eigenvalue weighted by atomic mass is 35.5.